The Morgan fingerprint density at radius 3 is 3.04 bits per heavy atom. The number of H-pyrrole nitrogens is 1. The Balaban J connectivity index is 1.59. The van der Waals surface area contributed by atoms with Gasteiger partial charge in [-0.05, 0) is 31.0 Å². The first-order valence-electron chi connectivity index (χ1n) is 8.55. The van der Waals surface area contributed by atoms with Crippen LogP contribution in [0.5, 0.6) is 0 Å². The maximum Gasteiger partial charge on any atom is 0.290 e. The number of nitrogens with one attached hydrogen (secondary N) is 2. The zero-order valence-electron chi connectivity index (χ0n) is 14.7. The number of aromatic amines is 1. The van der Waals surface area contributed by atoms with E-state index in [0.717, 1.165) is 28.5 Å². The number of para-hydroxylation sites is 1. The maximum atomic E-state index is 12.5. The van der Waals surface area contributed by atoms with E-state index in [4.69, 9.17) is 0 Å². The molecule has 2 N–H and O–H groups in total. The van der Waals surface area contributed by atoms with Gasteiger partial charge in [-0.1, -0.05) is 31.2 Å². The smallest absolute Gasteiger partial charge is 0.290 e. The van der Waals surface area contributed by atoms with Crippen LogP contribution in [0.15, 0.2) is 53.9 Å². The topological polar surface area (TPSA) is 74.6 Å². The normalized spacial score (nSPS) is 11.6. The standard InChI is InChI=1S/C20H19N5O/c1-3-14-7-6-8-16-15(11-21-18(14)16)12-22-24-20(26)19-13(2)23-17-9-4-5-10-25(17)19/h4-12,21H,3H2,1-2H3,(H,24,26)/b22-12-. The van der Waals surface area contributed by atoms with Crippen LogP contribution in [0, 0.1) is 6.92 Å². The molecule has 26 heavy (non-hydrogen) atoms. The summed E-state index contributed by atoms with van der Waals surface area (Å²) in [6, 6.07) is 11.8. The van der Waals surface area contributed by atoms with E-state index >= 15 is 0 Å². The lowest BCUT2D eigenvalue weighted by atomic mass is 10.1. The summed E-state index contributed by atoms with van der Waals surface area (Å²) in [5, 5.41) is 5.23. The highest BCUT2D eigenvalue weighted by Gasteiger charge is 2.15. The number of aromatic nitrogens is 3. The van der Waals surface area contributed by atoms with Crippen LogP contribution in [-0.4, -0.2) is 26.5 Å². The summed E-state index contributed by atoms with van der Waals surface area (Å²) >= 11 is 0. The Hall–Kier alpha value is -3.41. The lowest BCUT2D eigenvalue weighted by Crippen LogP contribution is -2.20. The third kappa shape index (κ3) is 2.65. The van der Waals surface area contributed by atoms with Crippen molar-refractivity contribution in [2.75, 3.05) is 0 Å². The summed E-state index contributed by atoms with van der Waals surface area (Å²) in [6.07, 6.45) is 6.34. The predicted molar refractivity (Wildman–Crippen MR) is 103 cm³/mol. The third-order valence-electron chi connectivity index (χ3n) is 4.50. The minimum Gasteiger partial charge on any atom is -0.360 e. The number of nitrogens with zero attached hydrogens (tertiary/aromatic N) is 3. The lowest BCUT2D eigenvalue weighted by Gasteiger charge is -2.01. The average Bonchev–Trinajstić information content (AvgIpc) is 3.21. The molecule has 1 aromatic carbocycles. The minimum atomic E-state index is -0.286. The molecule has 0 aliphatic rings. The molecule has 0 fully saturated rings. The molecule has 1 amide bonds. The van der Waals surface area contributed by atoms with Gasteiger partial charge in [-0.25, -0.2) is 10.4 Å². The number of hydrogen-bond donors (Lipinski definition) is 2. The molecule has 0 saturated heterocycles. The Bertz CT molecular complexity index is 1140. The summed E-state index contributed by atoms with van der Waals surface area (Å²) in [5.74, 6) is -0.286. The van der Waals surface area contributed by atoms with Gasteiger partial charge in [0.05, 0.1) is 11.9 Å². The number of rotatable bonds is 4. The lowest BCUT2D eigenvalue weighted by molar-refractivity contribution is 0.0948. The fourth-order valence-corrected chi connectivity index (χ4v) is 3.24. The largest absolute Gasteiger partial charge is 0.360 e. The second kappa shape index (κ2) is 6.48. The second-order valence-corrected chi connectivity index (χ2v) is 6.11. The molecule has 4 aromatic rings. The molecule has 130 valence electrons. The van der Waals surface area contributed by atoms with E-state index < -0.39 is 0 Å². The number of aryl methyl sites for hydroxylation is 2. The number of pyridine rings is 1. The second-order valence-electron chi connectivity index (χ2n) is 6.11. The number of fused-ring (bicyclic) bond motifs is 2. The van der Waals surface area contributed by atoms with Crippen molar-refractivity contribution >= 4 is 28.7 Å². The zero-order valence-corrected chi connectivity index (χ0v) is 14.7. The first-order chi connectivity index (χ1) is 12.7. The molecule has 0 spiro atoms. The molecular weight excluding hydrogens is 326 g/mol. The number of hydrazone groups is 1. The Kier molecular flexibility index (Phi) is 4.01. The van der Waals surface area contributed by atoms with Gasteiger partial charge >= 0.3 is 0 Å². The maximum absolute atomic E-state index is 12.5. The molecule has 3 aromatic heterocycles. The molecule has 0 radical (unpaired) electrons. The number of carbonyl (C=O) groups is 1. The van der Waals surface area contributed by atoms with E-state index in [0.29, 0.717) is 11.4 Å². The Morgan fingerprint density at radius 2 is 2.19 bits per heavy atom. The number of hydrogen-bond acceptors (Lipinski definition) is 3. The van der Waals surface area contributed by atoms with E-state index in [1.165, 1.54) is 5.56 Å². The molecule has 4 rings (SSSR count). The molecule has 0 unspecified atom stereocenters. The zero-order chi connectivity index (χ0) is 18.1. The van der Waals surface area contributed by atoms with Crippen molar-refractivity contribution in [3.05, 3.63) is 71.3 Å². The molecule has 6 heteroatoms. The summed E-state index contributed by atoms with van der Waals surface area (Å²) in [7, 11) is 0. The minimum absolute atomic E-state index is 0.286. The molecule has 0 aliphatic carbocycles. The van der Waals surface area contributed by atoms with Crippen LogP contribution < -0.4 is 5.43 Å². The van der Waals surface area contributed by atoms with E-state index in [2.05, 4.69) is 33.5 Å². The van der Waals surface area contributed by atoms with Crippen molar-refractivity contribution in [1.82, 2.24) is 19.8 Å². The molecular formula is C20H19N5O. The van der Waals surface area contributed by atoms with Crippen LogP contribution in [0.2, 0.25) is 0 Å². The quantitative estimate of drug-likeness (QED) is 0.439. The van der Waals surface area contributed by atoms with Crippen LogP contribution in [-0.2, 0) is 6.42 Å². The number of benzene rings is 1. The molecule has 6 nitrogen and oxygen atoms in total. The van der Waals surface area contributed by atoms with Crippen molar-refractivity contribution in [2.45, 2.75) is 20.3 Å². The van der Waals surface area contributed by atoms with Gasteiger partial charge in [0.2, 0.25) is 0 Å². The number of imidazole rings is 1. The first kappa shape index (κ1) is 16.1. The highest BCUT2D eigenvalue weighted by atomic mass is 16.2. The SMILES string of the molecule is CCc1cccc2c(/C=N\NC(=O)c3c(C)nc4ccccn34)c[nH]c12. The van der Waals surface area contributed by atoms with Crippen molar-refractivity contribution in [1.29, 1.82) is 0 Å². The van der Waals surface area contributed by atoms with Gasteiger partial charge in [0, 0.05) is 28.9 Å². The van der Waals surface area contributed by atoms with Gasteiger partial charge < -0.3 is 4.98 Å². The molecule has 0 bridgehead atoms. The summed E-state index contributed by atoms with van der Waals surface area (Å²) in [4.78, 5) is 20.2. The van der Waals surface area contributed by atoms with E-state index in [1.54, 1.807) is 10.6 Å². The van der Waals surface area contributed by atoms with Crippen molar-refractivity contribution in [2.24, 2.45) is 5.10 Å². The molecule has 0 atom stereocenters. The van der Waals surface area contributed by atoms with Gasteiger partial charge in [-0.15, -0.1) is 0 Å². The summed E-state index contributed by atoms with van der Waals surface area (Å²) in [6.45, 7) is 3.94. The van der Waals surface area contributed by atoms with Crippen molar-refractivity contribution < 1.29 is 4.79 Å². The summed E-state index contributed by atoms with van der Waals surface area (Å²) in [5.41, 5.74) is 7.81. The fraction of sp³-hybridized carbons (Fsp3) is 0.150. The molecule has 3 heterocycles. The highest BCUT2D eigenvalue weighted by Crippen LogP contribution is 2.21. The highest BCUT2D eigenvalue weighted by molar-refractivity contribution is 6.01. The summed E-state index contributed by atoms with van der Waals surface area (Å²) < 4.78 is 1.76. The van der Waals surface area contributed by atoms with E-state index in [9.17, 15) is 4.79 Å². The third-order valence-corrected chi connectivity index (χ3v) is 4.50. The Labute approximate surface area is 150 Å². The number of amides is 1. The van der Waals surface area contributed by atoms with Gasteiger partial charge in [-0.3, -0.25) is 9.20 Å². The molecule has 0 saturated carbocycles. The van der Waals surface area contributed by atoms with Gasteiger partial charge in [0.1, 0.15) is 11.3 Å². The fourth-order valence-electron chi connectivity index (χ4n) is 3.24. The van der Waals surface area contributed by atoms with Gasteiger partial charge in [-0.2, -0.15) is 5.10 Å². The average molecular weight is 345 g/mol. The van der Waals surface area contributed by atoms with Crippen LogP contribution in [0.4, 0.5) is 0 Å². The van der Waals surface area contributed by atoms with Gasteiger partial charge in [0.25, 0.3) is 5.91 Å². The van der Waals surface area contributed by atoms with Crippen LogP contribution >= 0.6 is 0 Å². The van der Waals surface area contributed by atoms with Crippen LogP contribution in [0.25, 0.3) is 16.6 Å². The van der Waals surface area contributed by atoms with Gasteiger partial charge in [0.15, 0.2) is 0 Å². The van der Waals surface area contributed by atoms with Crippen LogP contribution in [0.3, 0.4) is 0 Å². The van der Waals surface area contributed by atoms with E-state index in [1.807, 2.05) is 49.6 Å². The van der Waals surface area contributed by atoms with Crippen molar-refractivity contribution in [3.63, 3.8) is 0 Å². The van der Waals surface area contributed by atoms with E-state index in [-0.39, 0.29) is 5.91 Å². The molecule has 0 aliphatic heterocycles. The first-order valence-corrected chi connectivity index (χ1v) is 8.55. The Morgan fingerprint density at radius 1 is 1.31 bits per heavy atom. The van der Waals surface area contributed by atoms with Crippen LogP contribution in [0.1, 0.15) is 34.2 Å². The predicted octanol–water partition coefficient (Wildman–Crippen LogP) is 3.45. The van der Waals surface area contributed by atoms with Crippen molar-refractivity contribution in [3.8, 4) is 0 Å². The monoisotopic (exact) mass is 345 g/mol. The number of carbonyl (C=O) groups excluding carboxylic acids is 1.